The standard InChI is InChI=1S/C12H14F2N2O3S/c1-7(6-9(17)19-2)16-10(18)8-4-3-5-15-11(8)20-12(13)14/h3-5,7,12H,6H2,1-2H3,(H,16,18). The molecular weight excluding hydrogens is 290 g/mol. The van der Waals surface area contributed by atoms with Gasteiger partial charge in [0.1, 0.15) is 5.03 Å². The fraction of sp³-hybridized carbons (Fsp3) is 0.417. The Morgan fingerprint density at radius 2 is 2.20 bits per heavy atom. The van der Waals surface area contributed by atoms with Crippen LogP contribution in [0, 0.1) is 0 Å². The first kappa shape index (κ1) is 16.4. The van der Waals surface area contributed by atoms with Crippen molar-refractivity contribution in [2.24, 2.45) is 0 Å². The lowest BCUT2D eigenvalue weighted by molar-refractivity contribution is -0.141. The van der Waals surface area contributed by atoms with Crippen molar-refractivity contribution in [3.8, 4) is 0 Å². The third-order valence-corrected chi connectivity index (χ3v) is 3.02. The van der Waals surface area contributed by atoms with E-state index in [4.69, 9.17) is 0 Å². The second kappa shape index (κ2) is 7.78. The Labute approximate surface area is 119 Å². The zero-order valence-corrected chi connectivity index (χ0v) is 11.7. The molecule has 1 heterocycles. The van der Waals surface area contributed by atoms with E-state index in [2.05, 4.69) is 15.0 Å². The summed E-state index contributed by atoms with van der Waals surface area (Å²) in [6, 6.07) is 2.41. The Kier molecular flexibility index (Phi) is 6.37. The lowest BCUT2D eigenvalue weighted by atomic mass is 10.2. The van der Waals surface area contributed by atoms with Crippen LogP contribution in [0.2, 0.25) is 0 Å². The fourth-order valence-corrected chi connectivity index (χ4v) is 2.01. The summed E-state index contributed by atoms with van der Waals surface area (Å²) in [5.41, 5.74) is 0.0505. The fourth-order valence-electron chi connectivity index (χ4n) is 1.43. The number of esters is 1. The highest BCUT2D eigenvalue weighted by molar-refractivity contribution is 7.99. The van der Waals surface area contributed by atoms with E-state index in [0.29, 0.717) is 0 Å². The van der Waals surface area contributed by atoms with Crippen molar-refractivity contribution in [3.05, 3.63) is 23.9 Å². The van der Waals surface area contributed by atoms with Crippen LogP contribution in [-0.4, -0.2) is 35.8 Å². The summed E-state index contributed by atoms with van der Waals surface area (Å²) in [5.74, 6) is -3.69. The molecule has 0 fully saturated rings. The van der Waals surface area contributed by atoms with Crippen LogP contribution >= 0.6 is 11.8 Å². The highest BCUT2D eigenvalue weighted by Gasteiger charge is 2.19. The number of carbonyl (C=O) groups excluding carboxylic acids is 2. The van der Waals surface area contributed by atoms with Crippen LogP contribution < -0.4 is 5.32 Å². The molecule has 0 bridgehead atoms. The molecule has 0 aliphatic heterocycles. The number of hydrogen-bond donors (Lipinski definition) is 1. The molecule has 8 heteroatoms. The number of amides is 1. The molecule has 110 valence electrons. The van der Waals surface area contributed by atoms with Crippen molar-refractivity contribution >= 4 is 23.6 Å². The van der Waals surface area contributed by atoms with E-state index in [-0.39, 0.29) is 28.8 Å². The number of nitrogens with zero attached hydrogens (tertiary/aromatic N) is 1. The van der Waals surface area contributed by atoms with E-state index in [1.165, 1.54) is 25.4 Å². The molecule has 1 aromatic rings. The van der Waals surface area contributed by atoms with Crippen LogP contribution in [0.5, 0.6) is 0 Å². The molecule has 0 saturated heterocycles. The van der Waals surface area contributed by atoms with Crippen LogP contribution in [0.1, 0.15) is 23.7 Å². The van der Waals surface area contributed by atoms with Crippen molar-refractivity contribution in [2.45, 2.75) is 30.2 Å². The normalized spacial score (nSPS) is 12.1. The Balaban J connectivity index is 2.74. The maximum Gasteiger partial charge on any atom is 0.307 e. The number of methoxy groups -OCH3 is 1. The summed E-state index contributed by atoms with van der Waals surface area (Å²) in [6.45, 7) is 1.62. The Hall–Kier alpha value is -1.70. The number of carbonyl (C=O) groups is 2. The predicted molar refractivity (Wildman–Crippen MR) is 69.7 cm³/mol. The number of thioether (sulfide) groups is 1. The molecule has 1 amide bonds. The van der Waals surface area contributed by atoms with Crippen molar-refractivity contribution in [3.63, 3.8) is 0 Å². The minimum absolute atomic E-state index is 0.000173. The molecule has 0 radical (unpaired) electrons. The molecule has 0 aliphatic carbocycles. The van der Waals surface area contributed by atoms with Crippen molar-refractivity contribution < 1.29 is 23.1 Å². The lowest BCUT2D eigenvalue weighted by Crippen LogP contribution is -2.34. The Morgan fingerprint density at radius 1 is 1.50 bits per heavy atom. The minimum atomic E-state index is -2.66. The van der Waals surface area contributed by atoms with Crippen LogP contribution in [-0.2, 0) is 9.53 Å². The monoisotopic (exact) mass is 304 g/mol. The maximum absolute atomic E-state index is 12.4. The second-order valence-electron chi connectivity index (χ2n) is 3.89. The molecule has 20 heavy (non-hydrogen) atoms. The summed E-state index contributed by atoms with van der Waals surface area (Å²) in [7, 11) is 1.25. The first-order chi connectivity index (χ1) is 9.43. The van der Waals surface area contributed by atoms with Gasteiger partial charge in [0.2, 0.25) is 0 Å². The predicted octanol–water partition coefficient (Wildman–Crippen LogP) is 2.08. The largest absolute Gasteiger partial charge is 0.469 e. The van der Waals surface area contributed by atoms with Gasteiger partial charge in [-0.3, -0.25) is 9.59 Å². The smallest absolute Gasteiger partial charge is 0.307 e. The average Bonchev–Trinajstić information content (AvgIpc) is 2.38. The van der Waals surface area contributed by atoms with E-state index in [9.17, 15) is 18.4 Å². The van der Waals surface area contributed by atoms with Gasteiger partial charge in [-0.1, -0.05) is 0 Å². The summed E-state index contributed by atoms with van der Waals surface area (Å²) < 4.78 is 29.2. The summed E-state index contributed by atoms with van der Waals surface area (Å²) in [5, 5.41) is 2.49. The van der Waals surface area contributed by atoms with Crippen LogP contribution in [0.4, 0.5) is 8.78 Å². The third-order valence-electron chi connectivity index (χ3n) is 2.29. The molecule has 0 aromatic carbocycles. The van der Waals surface area contributed by atoms with Crippen LogP contribution in [0.3, 0.4) is 0 Å². The van der Waals surface area contributed by atoms with Gasteiger partial charge in [-0.2, -0.15) is 8.78 Å². The van der Waals surface area contributed by atoms with E-state index < -0.39 is 23.7 Å². The van der Waals surface area contributed by atoms with Gasteiger partial charge in [-0.15, -0.1) is 0 Å². The number of rotatable bonds is 6. The zero-order chi connectivity index (χ0) is 15.1. The van der Waals surface area contributed by atoms with E-state index in [0.717, 1.165) is 0 Å². The topological polar surface area (TPSA) is 68.3 Å². The molecule has 5 nitrogen and oxygen atoms in total. The van der Waals surface area contributed by atoms with Gasteiger partial charge >= 0.3 is 5.97 Å². The molecule has 1 unspecified atom stereocenters. The average molecular weight is 304 g/mol. The van der Waals surface area contributed by atoms with E-state index in [1.54, 1.807) is 6.92 Å². The third kappa shape index (κ3) is 5.12. The minimum Gasteiger partial charge on any atom is -0.469 e. The molecule has 0 aliphatic rings. The van der Waals surface area contributed by atoms with Gasteiger partial charge in [-0.05, 0) is 30.8 Å². The summed E-state index contributed by atoms with van der Waals surface area (Å²) >= 11 is 0.202. The van der Waals surface area contributed by atoms with Crippen molar-refractivity contribution in [1.82, 2.24) is 10.3 Å². The SMILES string of the molecule is COC(=O)CC(C)NC(=O)c1cccnc1SC(F)F. The Bertz CT molecular complexity index is 486. The number of alkyl halides is 2. The van der Waals surface area contributed by atoms with Gasteiger partial charge in [0.05, 0.1) is 19.1 Å². The first-order valence-electron chi connectivity index (χ1n) is 5.71. The van der Waals surface area contributed by atoms with Gasteiger partial charge in [0, 0.05) is 12.2 Å². The van der Waals surface area contributed by atoms with Crippen LogP contribution in [0.25, 0.3) is 0 Å². The van der Waals surface area contributed by atoms with E-state index >= 15 is 0 Å². The van der Waals surface area contributed by atoms with Crippen LogP contribution in [0.15, 0.2) is 23.4 Å². The highest BCUT2D eigenvalue weighted by Crippen LogP contribution is 2.26. The van der Waals surface area contributed by atoms with Crippen molar-refractivity contribution in [2.75, 3.05) is 7.11 Å². The lowest BCUT2D eigenvalue weighted by Gasteiger charge is -2.13. The Morgan fingerprint density at radius 3 is 2.80 bits per heavy atom. The van der Waals surface area contributed by atoms with Gasteiger partial charge in [-0.25, -0.2) is 4.98 Å². The quantitative estimate of drug-likeness (QED) is 0.644. The number of aromatic nitrogens is 1. The molecule has 0 saturated carbocycles. The number of hydrogen-bond acceptors (Lipinski definition) is 5. The molecule has 1 atom stereocenters. The zero-order valence-electron chi connectivity index (χ0n) is 10.9. The van der Waals surface area contributed by atoms with Gasteiger partial charge < -0.3 is 10.1 Å². The second-order valence-corrected chi connectivity index (χ2v) is 4.87. The molecular formula is C12H14F2N2O3S. The number of ether oxygens (including phenoxy) is 1. The number of halogens is 2. The van der Waals surface area contributed by atoms with Crippen molar-refractivity contribution in [1.29, 1.82) is 0 Å². The first-order valence-corrected chi connectivity index (χ1v) is 6.59. The summed E-state index contributed by atoms with van der Waals surface area (Å²) in [6.07, 6.45) is 1.33. The summed E-state index contributed by atoms with van der Waals surface area (Å²) in [4.78, 5) is 26.8. The van der Waals surface area contributed by atoms with Gasteiger partial charge in [0.15, 0.2) is 0 Å². The van der Waals surface area contributed by atoms with Gasteiger partial charge in [0.25, 0.3) is 11.7 Å². The highest BCUT2D eigenvalue weighted by atomic mass is 32.2. The van der Waals surface area contributed by atoms with E-state index in [1.807, 2.05) is 0 Å². The number of pyridine rings is 1. The maximum atomic E-state index is 12.4. The molecule has 0 spiro atoms. The number of nitrogens with one attached hydrogen (secondary N) is 1. The molecule has 1 N–H and O–H groups in total. The molecule has 1 rings (SSSR count). The molecule has 1 aromatic heterocycles.